The van der Waals surface area contributed by atoms with Crippen molar-refractivity contribution in [2.45, 2.75) is 167 Å². The summed E-state index contributed by atoms with van der Waals surface area (Å²) in [6.07, 6.45) is 7.29. The van der Waals surface area contributed by atoms with E-state index >= 15 is 0 Å². The third-order valence-corrected chi connectivity index (χ3v) is 13.1. The normalized spacial score (nSPS) is 40.7. The Morgan fingerprint density at radius 1 is 0.914 bits per heavy atom. The van der Waals surface area contributed by atoms with Crippen LogP contribution < -0.4 is 0 Å². The van der Waals surface area contributed by atoms with E-state index in [-0.39, 0.29) is 49.5 Å². The van der Waals surface area contributed by atoms with Gasteiger partial charge in [-0.1, -0.05) is 50.6 Å². The van der Waals surface area contributed by atoms with E-state index in [1.807, 2.05) is 45.1 Å². The van der Waals surface area contributed by atoms with E-state index in [2.05, 4.69) is 6.92 Å². The second-order valence-corrected chi connectivity index (χ2v) is 17.6. The lowest BCUT2D eigenvalue weighted by molar-refractivity contribution is -0.302. The first-order valence-electron chi connectivity index (χ1n) is 21.4. The monoisotopic (exact) mass is 817 g/mol. The second-order valence-electron chi connectivity index (χ2n) is 17.6. The number of ether oxygens (including phenoxy) is 5. The van der Waals surface area contributed by atoms with Crippen molar-refractivity contribution < 1.29 is 58.2 Å². The molecule has 1 saturated carbocycles. The van der Waals surface area contributed by atoms with Crippen molar-refractivity contribution in [3.63, 3.8) is 0 Å². The van der Waals surface area contributed by atoms with Crippen molar-refractivity contribution in [3.05, 3.63) is 35.5 Å². The summed E-state index contributed by atoms with van der Waals surface area (Å²) in [5, 5.41) is 34.3. The highest BCUT2D eigenvalue weighted by Crippen LogP contribution is 2.39. The molecule has 14 atom stereocenters. The van der Waals surface area contributed by atoms with E-state index < -0.39 is 83.9 Å². The molecule has 0 spiro atoms. The van der Waals surface area contributed by atoms with Gasteiger partial charge in [0.1, 0.15) is 24.0 Å². The zero-order valence-electron chi connectivity index (χ0n) is 36.3. The molecular weight excluding hydrogens is 746 g/mol. The maximum Gasteiger partial charge on any atom is 0.329 e. The molecule has 3 fully saturated rings. The summed E-state index contributed by atoms with van der Waals surface area (Å²) in [7, 11) is 4.63. The van der Waals surface area contributed by atoms with E-state index in [0.29, 0.717) is 56.9 Å². The molecule has 0 aromatic rings. The van der Waals surface area contributed by atoms with Gasteiger partial charge in [0.2, 0.25) is 5.79 Å². The first kappa shape index (κ1) is 47.9. The zero-order chi connectivity index (χ0) is 42.9. The molecule has 4 rings (SSSR count). The third kappa shape index (κ3) is 11.5. The predicted octanol–water partition coefficient (Wildman–Crippen LogP) is 5.03. The number of Topliss-reactive ketones (excluding diaryl/α,β-unsaturated/α-hetero) is 2. The number of cyclic esters (lactones) is 1. The van der Waals surface area contributed by atoms with Crippen LogP contribution in [0.2, 0.25) is 0 Å². The van der Waals surface area contributed by atoms with Gasteiger partial charge in [0.25, 0.3) is 11.7 Å². The van der Waals surface area contributed by atoms with Crippen molar-refractivity contribution >= 4 is 23.4 Å². The maximum atomic E-state index is 14.3. The van der Waals surface area contributed by atoms with E-state index in [1.165, 1.54) is 19.1 Å². The maximum absolute atomic E-state index is 14.3. The largest absolute Gasteiger partial charge is 0.456 e. The summed E-state index contributed by atoms with van der Waals surface area (Å²) < 4.78 is 29.8. The van der Waals surface area contributed by atoms with Gasteiger partial charge < -0.3 is 43.9 Å². The lowest BCUT2D eigenvalue weighted by Gasteiger charge is -2.47. The van der Waals surface area contributed by atoms with Crippen LogP contribution in [0.1, 0.15) is 112 Å². The fraction of sp³-hybridized carbons (Fsp3) is 0.778. The summed E-state index contributed by atoms with van der Waals surface area (Å²) in [6, 6.07) is -1.14. The Hall–Kier alpha value is -2.78. The smallest absolute Gasteiger partial charge is 0.329 e. The van der Waals surface area contributed by atoms with Crippen LogP contribution in [0.4, 0.5) is 0 Å². The lowest BCUT2D eigenvalue weighted by atomic mass is 9.81. The molecule has 13 nitrogen and oxygen atoms in total. The fourth-order valence-corrected chi connectivity index (χ4v) is 9.53. The number of aliphatic hydroxyl groups is 3. The van der Waals surface area contributed by atoms with Crippen molar-refractivity contribution in [3.8, 4) is 0 Å². The number of carbonyl (C=O) groups is 4. The molecule has 13 heteroatoms. The standard InChI is InChI=1S/C45H71NO12/c1-10-11-14-32-20-26(2)19-27(3)21-38(55-8)41-39(56-9)23-29(5)45(53,58-41)42(50)43(51)46-18-13-12-15-33(46)44(52)57-40(30(6)35(48)25-36(32)49)28(4)22-31-16-17-34(47)37(24-31)54-7/h10-11,20,22,27,29-35,37-41,47-48,53H,12-19,21,23-25H2,1-9H3/b11-10-,26-20+,28-22+/t27-,29+,30+,31-,32+,33-,34+,35-,37+,38-,39-,40+,41+,45+/m0/s1. The third-order valence-electron chi connectivity index (χ3n) is 13.1. The first-order chi connectivity index (χ1) is 27.5. The number of esters is 1. The summed E-state index contributed by atoms with van der Waals surface area (Å²) in [4.78, 5) is 58.0. The topological polar surface area (TPSA) is 178 Å². The molecule has 3 N–H and O–H groups in total. The van der Waals surface area contributed by atoms with Gasteiger partial charge in [0.05, 0.1) is 30.5 Å². The molecule has 2 saturated heterocycles. The molecule has 0 aromatic carbocycles. The number of ketones is 2. The Kier molecular flexibility index (Phi) is 17.9. The van der Waals surface area contributed by atoms with Crippen LogP contribution in [0, 0.1) is 29.6 Å². The van der Waals surface area contributed by atoms with Gasteiger partial charge in [0, 0.05) is 52.0 Å². The van der Waals surface area contributed by atoms with Gasteiger partial charge in [-0.15, -0.1) is 0 Å². The summed E-state index contributed by atoms with van der Waals surface area (Å²) in [5.74, 6) is -7.66. The molecule has 0 aromatic heterocycles. The Labute approximate surface area is 345 Å². The molecule has 2 bridgehead atoms. The van der Waals surface area contributed by atoms with Gasteiger partial charge >= 0.3 is 5.97 Å². The van der Waals surface area contributed by atoms with Crippen LogP contribution in [0.5, 0.6) is 0 Å². The lowest BCUT2D eigenvalue weighted by Crippen LogP contribution is -2.64. The van der Waals surface area contributed by atoms with E-state index in [0.717, 1.165) is 5.57 Å². The second kappa shape index (κ2) is 21.7. The number of rotatable bonds is 7. The van der Waals surface area contributed by atoms with Gasteiger partial charge in [-0.05, 0) is 102 Å². The van der Waals surface area contributed by atoms with Crippen LogP contribution in [0.3, 0.4) is 0 Å². The minimum atomic E-state index is -2.51. The molecule has 58 heavy (non-hydrogen) atoms. The number of amides is 1. The number of methoxy groups -OCH3 is 3. The Morgan fingerprint density at radius 2 is 1.59 bits per heavy atom. The van der Waals surface area contributed by atoms with Crippen LogP contribution in [0.15, 0.2) is 35.5 Å². The van der Waals surface area contributed by atoms with Crippen LogP contribution >= 0.6 is 0 Å². The number of carbonyl (C=O) groups excluding carboxylic acids is 4. The SMILES string of the molecule is C/C=C\C[C@@H]1/C=C(\C)C[C@H](C)C[C@H](OC)[C@H]2O[C@@](O)(C(=O)C(=O)N3CCCC[C@H]3C(=O)O[C@H](/C(C)=C/[C@@H]3CC[C@@H](O)[C@H](OC)C3)[C@H](C)[C@@H](O)CC1=O)[C@H](C)C[C@@H]2OC. The molecule has 3 aliphatic heterocycles. The number of allylic oxidation sites excluding steroid dienone is 5. The molecular formula is C45H71NO12. The van der Waals surface area contributed by atoms with Crippen LogP contribution in [-0.4, -0.2) is 126 Å². The number of aliphatic hydroxyl groups excluding tert-OH is 2. The van der Waals surface area contributed by atoms with Crippen molar-refractivity contribution in [2.75, 3.05) is 27.9 Å². The Balaban J connectivity index is 1.79. The van der Waals surface area contributed by atoms with Gasteiger partial charge in [-0.25, -0.2) is 4.79 Å². The van der Waals surface area contributed by atoms with Crippen LogP contribution in [0.25, 0.3) is 0 Å². The van der Waals surface area contributed by atoms with Crippen molar-refractivity contribution in [1.29, 1.82) is 0 Å². The highest BCUT2D eigenvalue weighted by Gasteiger charge is 2.56. The average molecular weight is 818 g/mol. The molecule has 0 unspecified atom stereocenters. The first-order valence-corrected chi connectivity index (χ1v) is 21.4. The average Bonchev–Trinajstić information content (AvgIpc) is 3.20. The molecule has 0 radical (unpaired) electrons. The van der Waals surface area contributed by atoms with Crippen LogP contribution in [-0.2, 0) is 42.9 Å². The summed E-state index contributed by atoms with van der Waals surface area (Å²) in [5.41, 5.74) is 1.64. The molecule has 3 heterocycles. The zero-order valence-corrected chi connectivity index (χ0v) is 36.3. The van der Waals surface area contributed by atoms with E-state index in [1.54, 1.807) is 21.0 Å². The number of piperidine rings is 1. The Bertz CT molecular complexity index is 1510. The summed E-state index contributed by atoms with van der Waals surface area (Å²) >= 11 is 0. The predicted molar refractivity (Wildman–Crippen MR) is 217 cm³/mol. The quantitative estimate of drug-likeness (QED) is 0.178. The summed E-state index contributed by atoms with van der Waals surface area (Å²) in [6.45, 7) is 11.2. The molecule has 1 amide bonds. The van der Waals surface area contributed by atoms with Gasteiger partial charge in [-0.3, -0.25) is 14.4 Å². The number of hydrogen-bond donors (Lipinski definition) is 3. The number of hydrogen-bond acceptors (Lipinski definition) is 12. The Morgan fingerprint density at radius 3 is 2.24 bits per heavy atom. The highest BCUT2D eigenvalue weighted by atomic mass is 16.7. The minimum Gasteiger partial charge on any atom is -0.456 e. The number of nitrogens with zero attached hydrogens (tertiary/aromatic N) is 1. The molecule has 1 aliphatic carbocycles. The van der Waals surface area contributed by atoms with E-state index in [9.17, 15) is 34.5 Å². The number of fused-ring (bicyclic) bond motifs is 3. The minimum absolute atomic E-state index is 0.00766. The van der Waals surface area contributed by atoms with Gasteiger partial charge in [-0.2, -0.15) is 0 Å². The fourth-order valence-electron chi connectivity index (χ4n) is 9.53. The molecule has 4 aliphatic rings. The highest BCUT2D eigenvalue weighted by molar-refractivity contribution is 6.39. The van der Waals surface area contributed by atoms with Crippen molar-refractivity contribution in [2.24, 2.45) is 29.6 Å². The molecule has 328 valence electrons. The van der Waals surface area contributed by atoms with E-state index in [4.69, 9.17) is 23.7 Å². The van der Waals surface area contributed by atoms with Crippen molar-refractivity contribution in [1.82, 2.24) is 4.90 Å². The van der Waals surface area contributed by atoms with Gasteiger partial charge in [0.15, 0.2) is 0 Å².